The molecule has 2 unspecified atom stereocenters. The third kappa shape index (κ3) is 2.39. The Kier molecular flexibility index (Phi) is 3.31. The summed E-state index contributed by atoms with van der Waals surface area (Å²) in [4.78, 5) is 26.7. The number of piperidine rings is 2. The van der Waals surface area contributed by atoms with Gasteiger partial charge < -0.3 is 10.2 Å². The van der Waals surface area contributed by atoms with Gasteiger partial charge in [0.15, 0.2) is 0 Å². The molecule has 2 saturated heterocycles. The Hall–Kier alpha value is -1.36. The van der Waals surface area contributed by atoms with Crippen LogP contribution in [0.15, 0.2) is 11.4 Å². The Bertz CT molecular complexity index is 511. The summed E-state index contributed by atoms with van der Waals surface area (Å²) in [6.45, 7) is 3.51. The number of carbonyl (C=O) groups excluding carboxylic acids is 2. The highest BCUT2D eigenvalue weighted by molar-refractivity contribution is 7.12. The molecule has 0 aliphatic carbocycles. The Balaban J connectivity index is 1.70. The summed E-state index contributed by atoms with van der Waals surface area (Å²) >= 11 is 1.52. The van der Waals surface area contributed by atoms with Gasteiger partial charge in [0, 0.05) is 25.6 Å². The zero-order valence-corrected chi connectivity index (χ0v) is 11.8. The Labute approximate surface area is 116 Å². The van der Waals surface area contributed by atoms with Crippen molar-refractivity contribution < 1.29 is 9.59 Å². The quantitative estimate of drug-likeness (QED) is 0.851. The molecule has 1 aromatic heterocycles. The van der Waals surface area contributed by atoms with Crippen LogP contribution in [0.25, 0.3) is 0 Å². The van der Waals surface area contributed by atoms with Gasteiger partial charge in [-0.25, -0.2) is 0 Å². The molecule has 1 aromatic rings. The van der Waals surface area contributed by atoms with E-state index in [4.69, 9.17) is 0 Å². The third-order valence-electron chi connectivity index (χ3n) is 4.17. The maximum absolute atomic E-state index is 12.5. The zero-order valence-electron chi connectivity index (χ0n) is 11.0. The summed E-state index contributed by atoms with van der Waals surface area (Å²) < 4.78 is 0. The number of carbonyl (C=O) groups is 2. The third-order valence-corrected chi connectivity index (χ3v) is 5.17. The second-order valence-corrected chi connectivity index (χ2v) is 6.36. The van der Waals surface area contributed by atoms with E-state index in [9.17, 15) is 9.59 Å². The summed E-state index contributed by atoms with van der Waals surface area (Å²) in [5, 5.41) is 5.02. The summed E-state index contributed by atoms with van der Waals surface area (Å²) in [5.41, 5.74) is 1.06. The standard InChI is InChI=1S/C14H18N2O2S/c1-9-5-7-19-13(9)14(18)16-6-4-11-10(8-16)2-3-12(17)15-11/h5,7,10-11H,2-4,6,8H2,1H3,(H,15,17). The molecule has 4 nitrogen and oxygen atoms in total. The van der Waals surface area contributed by atoms with Gasteiger partial charge in [-0.1, -0.05) is 0 Å². The topological polar surface area (TPSA) is 49.4 Å². The lowest BCUT2D eigenvalue weighted by molar-refractivity contribution is -0.125. The fraction of sp³-hybridized carbons (Fsp3) is 0.571. The molecule has 3 heterocycles. The molecule has 19 heavy (non-hydrogen) atoms. The van der Waals surface area contributed by atoms with Crippen LogP contribution in [0.3, 0.4) is 0 Å². The number of likely N-dealkylation sites (tertiary alicyclic amines) is 1. The SMILES string of the molecule is Cc1ccsc1C(=O)N1CCC2NC(=O)CCC2C1. The molecule has 0 radical (unpaired) electrons. The summed E-state index contributed by atoms with van der Waals surface area (Å²) in [7, 11) is 0. The van der Waals surface area contributed by atoms with Crippen LogP contribution in [-0.2, 0) is 4.79 Å². The number of fused-ring (bicyclic) bond motifs is 1. The molecule has 2 amide bonds. The van der Waals surface area contributed by atoms with Gasteiger partial charge in [0.1, 0.15) is 0 Å². The van der Waals surface area contributed by atoms with E-state index in [1.807, 2.05) is 23.3 Å². The summed E-state index contributed by atoms with van der Waals surface area (Å²) in [6.07, 6.45) is 2.39. The number of nitrogens with one attached hydrogen (secondary N) is 1. The average molecular weight is 278 g/mol. The van der Waals surface area contributed by atoms with E-state index in [1.54, 1.807) is 0 Å². The van der Waals surface area contributed by atoms with Gasteiger partial charge >= 0.3 is 0 Å². The first-order valence-corrected chi connectivity index (χ1v) is 7.66. The largest absolute Gasteiger partial charge is 0.353 e. The molecule has 2 aliphatic heterocycles. The number of amides is 2. The van der Waals surface area contributed by atoms with Gasteiger partial charge in [0.2, 0.25) is 5.91 Å². The lowest BCUT2D eigenvalue weighted by Crippen LogP contribution is -2.55. The minimum absolute atomic E-state index is 0.155. The average Bonchev–Trinajstić information content (AvgIpc) is 2.83. The van der Waals surface area contributed by atoms with Crippen LogP contribution in [0, 0.1) is 12.8 Å². The Morgan fingerprint density at radius 2 is 2.32 bits per heavy atom. The second-order valence-electron chi connectivity index (χ2n) is 5.45. The first-order chi connectivity index (χ1) is 9.15. The number of hydrogen-bond acceptors (Lipinski definition) is 3. The molecule has 0 saturated carbocycles. The van der Waals surface area contributed by atoms with Gasteiger partial charge in [0.25, 0.3) is 5.91 Å². The maximum atomic E-state index is 12.5. The molecule has 2 aliphatic rings. The van der Waals surface area contributed by atoms with Crippen molar-refractivity contribution in [2.45, 2.75) is 32.2 Å². The Morgan fingerprint density at radius 3 is 3.05 bits per heavy atom. The van der Waals surface area contributed by atoms with Crippen LogP contribution >= 0.6 is 11.3 Å². The van der Waals surface area contributed by atoms with Gasteiger partial charge in [-0.3, -0.25) is 9.59 Å². The van der Waals surface area contributed by atoms with Gasteiger partial charge in [-0.2, -0.15) is 0 Å². The number of thiophene rings is 1. The van der Waals surface area contributed by atoms with Crippen LogP contribution in [0.1, 0.15) is 34.5 Å². The molecule has 102 valence electrons. The predicted molar refractivity (Wildman–Crippen MR) is 74.2 cm³/mol. The monoisotopic (exact) mass is 278 g/mol. The maximum Gasteiger partial charge on any atom is 0.264 e. The van der Waals surface area contributed by atoms with Crippen LogP contribution in [0.4, 0.5) is 0 Å². The van der Waals surface area contributed by atoms with Crippen LogP contribution in [-0.4, -0.2) is 35.8 Å². The first-order valence-electron chi connectivity index (χ1n) is 6.78. The van der Waals surface area contributed by atoms with Crippen molar-refractivity contribution in [2.75, 3.05) is 13.1 Å². The van der Waals surface area contributed by atoms with Crippen LogP contribution < -0.4 is 5.32 Å². The zero-order chi connectivity index (χ0) is 13.4. The van der Waals surface area contributed by atoms with Crippen molar-refractivity contribution >= 4 is 23.2 Å². The van der Waals surface area contributed by atoms with Crippen LogP contribution in [0.5, 0.6) is 0 Å². The van der Waals surface area contributed by atoms with Gasteiger partial charge in [0.05, 0.1) is 4.88 Å². The van der Waals surface area contributed by atoms with Gasteiger partial charge in [-0.15, -0.1) is 11.3 Å². The fourth-order valence-corrected chi connectivity index (χ4v) is 3.92. The highest BCUT2D eigenvalue weighted by atomic mass is 32.1. The molecule has 5 heteroatoms. The number of rotatable bonds is 1. The van der Waals surface area contributed by atoms with Crippen molar-refractivity contribution in [1.82, 2.24) is 10.2 Å². The fourth-order valence-electron chi connectivity index (χ4n) is 3.03. The summed E-state index contributed by atoms with van der Waals surface area (Å²) in [5.74, 6) is 0.744. The minimum atomic E-state index is 0.155. The van der Waals surface area contributed by atoms with Crippen LogP contribution in [0.2, 0.25) is 0 Å². The number of hydrogen-bond donors (Lipinski definition) is 1. The lowest BCUT2D eigenvalue weighted by Gasteiger charge is -2.41. The highest BCUT2D eigenvalue weighted by Gasteiger charge is 2.35. The van der Waals surface area contributed by atoms with E-state index < -0.39 is 0 Å². The Morgan fingerprint density at radius 1 is 1.47 bits per heavy atom. The molecule has 0 bridgehead atoms. The van der Waals surface area contributed by atoms with Crippen molar-refractivity contribution in [3.63, 3.8) is 0 Å². The molecule has 2 atom stereocenters. The normalized spacial score (nSPS) is 26.8. The number of nitrogens with zero attached hydrogens (tertiary/aromatic N) is 1. The van der Waals surface area contributed by atoms with E-state index >= 15 is 0 Å². The highest BCUT2D eigenvalue weighted by Crippen LogP contribution is 2.27. The first kappa shape index (κ1) is 12.7. The molecule has 2 fully saturated rings. The molecular weight excluding hydrogens is 260 g/mol. The summed E-state index contributed by atoms with van der Waals surface area (Å²) in [6, 6.07) is 2.26. The van der Waals surface area contributed by atoms with E-state index in [1.165, 1.54) is 11.3 Å². The molecular formula is C14H18N2O2S. The molecule has 0 aromatic carbocycles. The smallest absolute Gasteiger partial charge is 0.264 e. The van der Waals surface area contributed by atoms with Gasteiger partial charge in [-0.05, 0) is 42.7 Å². The van der Waals surface area contributed by atoms with Crippen molar-refractivity contribution in [3.05, 3.63) is 21.9 Å². The lowest BCUT2D eigenvalue weighted by atomic mass is 9.85. The minimum Gasteiger partial charge on any atom is -0.353 e. The van der Waals surface area contributed by atoms with Crippen molar-refractivity contribution in [3.8, 4) is 0 Å². The van der Waals surface area contributed by atoms with Crippen molar-refractivity contribution in [1.29, 1.82) is 0 Å². The van der Waals surface area contributed by atoms with E-state index in [-0.39, 0.29) is 17.9 Å². The van der Waals surface area contributed by atoms with E-state index in [2.05, 4.69) is 5.32 Å². The second kappa shape index (κ2) is 4.96. The predicted octanol–water partition coefficient (Wildman–Crippen LogP) is 1.80. The number of aryl methyl sites for hydroxylation is 1. The van der Waals surface area contributed by atoms with E-state index in [0.717, 1.165) is 36.4 Å². The molecule has 0 spiro atoms. The van der Waals surface area contributed by atoms with Crippen molar-refractivity contribution in [2.24, 2.45) is 5.92 Å². The molecule has 3 rings (SSSR count). The molecule has 1 N–H and O–H groups in total. The van der Waals surface area contributed by atoms with E-state index in [0.29, 0.717) is 12.3 Å².